The summed E-state index contributed by atoms with van der Waals surface area (Å²) < 4.78 is 21.2. The van der Waals surface area contributed by atoms with E-state index in [2.05, 4.69) is 10.6 Å². The summed E-state index contributed by atoms with van der Waals surface area (Å²) in [6.07, 6.45) is 0. The number of nitrogens with one attached hydrogen (secondary N) is 2. The van der Waals surface area contributed by atoms with Gasteiger partial charge in [-0.15, -0.1) is 0 Å². The largest absolute Gasteiger partial charge is 0.454 e. The fourth-order valence-electron chi connectivity index (χ4n) is 3.32. The van der Waals surface area contributed by atoms with Crippen LogP contribution in [0.25, 0.3) is 0 Å². The molecule has 5 rings (SSSR count). The summed E-state index contributed by atoms with van der Waals surface area (Å²) >= 11 is 0. The fourth-order valence-corrected chi connectivity index (χ4v) is 3.32. The van der Waals surface area contributed by atoms with Gasteiger partial charge in [-0.2, -0.15) is 0 Å². The molecule has 0 saturated carbocycles. The highest BCUT2D eigenvalue weighted by Gasteiger charge is 2.17. The topological polar surface area (TPSA) is 95.1 Å². The SMILES string of the molecule is O=C(NCc1cccc(NC(=O)c2ccc3c(c2)OCO3)c1)c1ccc2c(c1)OCO2. The lowest BCUT2D eigenvalue weighted by molar-refractivity contribution is 0.0949. The van der Waals surface area contributed by atoms with Crippen molar-refractivity contribution in [2.45, 2.75) is 6.54 Å². The molecule has 2 N–H and O–H groups in total. The van der Waals surface area contributed by atoms with Crippen molar-refractivity contribution in [3.63, 3.8) is 0 Å². The maximum absolute atomic E-state index is 12.6. The van der Waals surface area contributed by atoms with Crippen LogP contribution in [0.2, 0.25) is 0 Å². The molecular weight excluding hydrogens is 400 g/mol. The molecule has 0 fully saturated rings. The van der Waals surface area contributed by atoms with Crippen LogP contribution < -0.4 is 29.6 Å². The number of carbonyl (C=O) groups excluding carboxylic acids is 2. The fraction of sp³-hybridized carbons (Fsp3) is 0.130. The minimum atomic E-state index is -0.264. The van der Waals surface area contributed by atoms with Crippen molar-refractivity contribution < 1.29 is 28.5 Å². The van der Waals surface area contributed by atoms with E-state index < -0.39 is 0 Å². The van der Waals surface area contributed by atoms with E-state index in [4.69, 9.17) is 18.9 Å². The molecule has 3 aromatic carbocycles. The molecule has 3 aromatic rings. The zero-order chi connectivity index (χ0) is 21.2. The van der Waals surface area contributed by atoms with E-state index in [1.807, 2.05) is 18.2 Å². The lowest BCUT2D eigenvalue weighted by atomic mass is 10.1. The molecule has 0 aromatic heterocycles. The molecule has 0 unspecified atom stereocenters. The Morgan fingerprint density at radius 3 is 2.00 bits per heavy atom. The van der Waals surface area contributed by atoms with E-state index in [1.54, 1.807) is 42.5 Å². The first-order chi connectivity index (χ1) is 15.2. The molecule has 156 valence electrons. The van der Waals surface area contributed by atoms with Crippen LogP contribution in [0.1, 0.15) is 26.3 Å². The Hall–Kier alpha value is -4.20. The van der Waals surface area contributed by atoms with Gasteiger partial charge in [0.05, 0.1) is 0 Å². The molecule has 2 heterocycles. The van der Waals surface area contributed by atoms with Gasteiger partial charge in [-0.3, -0.25) is 9.59 Å². The molecule has 0 aliphatic carbocycles. The first-order valence-corrected chi connectivity index (χ1v) is 9.63. The van der Waals surface area contributed by atoms with Crippen LogP contribution in [0.5, 0.6) is 23.0 Å². The van der Waals surface area contributed by atoms with E-state index in [0.29, 0.717) is 46.4 Å². The van der Waals surface area contributed by atoms with E-state index in [-0.39, 0.29) is 25.4 Å². The van der Waals surface area contributed by atoms with Gasteiger partial charge in [0, 0.05) is 23.4 Å². The summed E-state index contributed by atoms with van der Waals surface area (Å²) in [5, 5.41) is 5.73. The highest BCUT2D eigenvalue weighted by molar-refractivity contribution is 6.04. The zero-order valence-electron chi connectivity index (χ0n) is 16.3. The van der Waals surface area contributed by atoms with Gasteiger partial charge in [0.2, 0.25) is 13.6 Å². The van der Waals surface area contributed by atoms with Crippen LogP contribution in [0.3, 0.4) is 0 Å². The summed E-state index contributed by atoms with van der Waals surface area (Å²) in [5.41, 5.74) is 2.41. The van der Waals surface area contributed by atoms with E-state index in [0.717, 1.165) is 5.56 Å². The molecular formula is C23H18N2O6. The number of hydrogen-bond acceptors (Lipinski definition) is 6. The van der Waals surface area contributed by atoms with Crippen LogP contribution in [0.15, 0.2) is 60.7 Å². The first kappa shape index (κ1) is 18.8. The molecule has 0 bridgehead atoms. The summed E-state index contributed by atoms with van der Waals surface area (Å²) in [7, 11) is 0. The number of hydrogen-bond donors (Lipinski definition) is 2. The molecule has 8 nitrogen and oxygen atoms in total. The zero-order valence-corrected chi connectivity index (χ0v) is 16.3. The van der Waals surface area contributed by atoms with Gasteiger partial charge in [-0.05, 0) is 54.1 Å². The van der Waals surface area contributed by atoms with Crippen molar-refractivity contribution in [1.82, 2.24) is 5.32 Å². The lowest BCUT2D eigenvalue weighted by Crippen LogP contribution is -2.22. The maximum atomic E-state index is 12.6. The Morgan fingerprint density at radius 1 is 0.710 bits per heavy atom. The van der Waals surface area contributed by atoms with Crippen molar-refractivity contribution in [3.05, 3.63) is 77.4 Å². The Balaban J connectivity index is 1.22. The number of benzene rings is 3. The molecule has 2 aliphatic heterocycles. The Morgan fingerprint density at radius 2 is 1.32 bits per heavy atom. The van der Waals surface area contributed by atoms with Gasteiger partial charge in [0.25, 0.3) is 11.8 Å². The Labute approximate surface area is 177 Å². The third-order valence-electron chi connectivity index (χ3n) is 4.91. The monoisotopic (exact) mass is 418 g/mol. The minimum absolute atomic E-state index is 0.153. The predicted octanol–water partition coefficient (Wildman–Crippen LogP) is 3.33. The molecule has 0 spiro atoms. The molecule has 31 heavy (non-hydrogen) atoms. The molecule has 0 radical (unpaired) electrons. The average molecular weight is 418 g/mol. The number of anilines is 1. The van der Waals surface area contributed by atoms with Crippen molar-refractivity contribution in [2.24, 2.45) is 0 Å². The molecule has 0 atom stereocenters. The molecule has 8 heteroatoms. The average Bonchev–Trinajstić information content (AvgIpc) is 3.45. The number of carbonyl (C=O) groups is 2. The van der Waals surface area contributed by atoms with Gasteiger partial charge in [-0.25, -0.2) is 0 Å². The second-order valence-electron chi connectivity index (χ2n) is 6.97. The lowest BCUT2D eigenvalue weighted by Gasteiger charge is -2.09. The van der Waals surface area contributed by atoms with Crippen LogP contribution >= 0.6 is 0 Å². The van der Waals surface area contributed by atoms with Crippen molar-refractivity contribution in [2.75, 3.05) is 18.9 Å². The second-order valence-corrected chi connectivity index (χ2v) is 6.97. The number of ether oxygens (including phenoxy) is 4. The van der Waals surface area contributed by atoms with Gasteiger partial charge >= 0.3 is 0 Å². The molecule has 2 amide bonds. The van der Waals surface area contributed by atoms with Crippen molar-refractivity contribution in [1.29, 1.82) is 0 Å². The van der Waals surface area contributed by atoms with Gasteiger partial charge < -0.3 is 29.6 Å². The summed E-state index contributed by atoms with van der Waals surface area (Å²) in [4.78, 5) is 25.0. The standard InChI is InChI=1S/C23H18N2O6/c26-22(15-4-6-18-20(9-15)30-12-28-18)24-11-14-2-1-3-17(8-14)25-23(27)16-5-7-19-21(10-16)31-13-29-19/h1-10H,11-13H2,(H,24,26)(H,25,27). The van der Waals surface area contributed by atoms with E-state index >= 15 is 0 Å². The first-order valence-electron chi connectivity index (χ1n) is 9.63. The quantitative estimate of drug-likeness (QED) is 0.660. The minimum Gasteiger partial charge on any atom is -0.454 e. The normalized spacial score (nSPS) is 13.0. The summed E-state index contributed by atoms with van der Waals surface area (Å²) in [6, 6.07) is 17.4. The van der Waals surface area contributed by atoms with E-state index in [1.165, 1.54) is 0 Å². The Bertz CT molecular complexity index is 1180. The number of rotatable bonds is 5. The smallest absolute Gasteiger partial charge is 0.255 e. The second kappa shape index (κ2) is 7.91. The van der Waals surface area contributed by atoms with Gasteiger partial charge in [0.1, 0.15) is 0 Å². The molecule has 0 saturated heterocycles. The van der Waals surface area contributed by atoms with Crippen LogP contribution in [0, 0.1) is 0 Å². The van der Waals surface area contributed by atoms with Crippen LogP contribution in [0.4, 0.5) is 5.69 Å². The number of amides is 2. The maximum Gasteiger partial charge on any atom is 0.255 e. The Kier molecular flexibility index (Phi) is 4.80. The van der Waals surface area contributed by atoms with Crippen LogP contribution in [-0.2, 0) is 6.54 Å². The van der Waals surface area contributed by atoms with E-state index in [9.17, 15) is 9.59 Å². The summed E-state index contributed by atoms with van der Waals surface area (Å²) in [5.74, 6) is 1.86. The summed E-state index contributed by atoms with van der Waals surface area (Å²) in [6.45, 7) is 0.618. The van der Waals surface area contributed by atoms with Crippen molar-refractivity contribution >= 4 is 17.5 Å². The van der Waals surface area contributed by atoms with Crippen molar-refractivity contribution in [3.8, 4) is 23.0 Å². The highest BCUT2D eigenvalue weighted by Crippen LogP contribution is 2.33. The highest BCUT2D eigenvalue weighted by atomic mass is 16.7. The molecule has 2 aliphatic rings. The third kappa shape index (κ3) is 3.95. The van der Waals surface area contributed by atoms with Gasteiger partial charge in [0.15, 0.2) is 23.0 Å². The van der Waals surface area contributed by atoms with Crippen LogP contribution in [-0.4, -0.2) is 25.4 Å². The number of fused-ring (bicyclic) bond motifs is 2. The third-order valence-corrected chi connectivity index (χ3v) is 4.91. The predicted molar refractivity (Wildman–Crippen MR) is 111 cm³/mol. The van der Waals surface area contributed by atoms with Gasteiger partial charge in [-0.1, -0.05) is 12.1 Å².